The van der Waals surface area contributed by atoms with Crippen molar-refractivity contribution in [1.82, 2.24) is 9.61 Å². The first-order chi connectivity index (χ1) is 16.5. The zero-order valence-corrected chi connectivity index (χ0v) is 24.1. The first-order valence-corrected chi connectivity index (χ1v) is 15.9. The molecule has 0 amide bonds. The normalized spacial score (nSPS) is 17.2. The fourth-order valence-electron chi connectivity index (χ4n) is 3.88. The quantitative estimate of drug-likeness (QED) is 0.203. The van der Waals surface area contributed by atoms with Gasteiger partial charge in [0, 0.05) is 17.3 Å². The minimum Gasteiger partial charge on any atom is -0.543 e. The van der Waals surface area contributed by atoms with Gasteiger partial charge in [-0.25, -0.2) is 9.51 Å². The van der Waals surface area contributed by atoms with Gasteiger partial charge in [-0.3, -0.25) is 0 Å². The molecule has 1 aliphatic heterocycles. The van der Waals surface area contributed by atoms with E-state index in [0.29, 0.717) is 12.4 Å². The highest BCUT2D eigenvalue weighted by molar-refractivity contribution is 9.10. The molecule has 1 fully saturated rings. The van der Waals surface area contributed by atoms with E-state index in [1.807, 2.05) is 28.9 Å². The summed E-state index contributed by atoms with van der Waals surface area (Å²) >= 11 is 3.56. The number of aromatic nitrogens is 2. The second-order valence-electron chi connectivity index (χ2n) is 10.6. The molecule has 4 rings (SSSR count). The van der Waals surface area contributed by atoms with Crippen LogP contribution in [0.3, 0.4) is 0 Å². The lowest BCUT2D eigenvalue weighted by Gasteiger charge is -2.36. The van der Waals surface area contributed by atoms with E-state index < -0.39 is 8.32 Å². The van der Waals surface area contributed by atoms with Crippen molar-refractivity contribution >= 4 is 47.0 Å². The summed E-state index contributed by atoms with van der Waals surface area (Å²) in [5.74, 6) is 1.32. The number of nitrogens with two attached hydrogens (primary N) is 1. The van der Waals surface area contributed by atoms with Gasteiger partial charge in [0.2, 0.25) is 8.32 Å². The van der Waals surface area contributed by atoms with Crippen molar-refractivity contribution in [1.29, 1.82) is 0 Å². The lowest BCUT2D eigenvalue weighted by Crippen LogP contribution is -2.43. The second kappa shape index (κ2) is 9.95. The molecule has 35 heavy (non-hydrogen) atoms. The summed E-state index contributed by atoms with van der Waals surface area (Å²) in [5, 5.41) is 8.32. The van der Waals surface area contributed by atoms with E-state index in [9.17, 15) is 0 Å². The van der Waals surface area contributed by atoms with E-state index in [1.165, 1.54) is 0 Å². The number of aryl methyl sites for hydroxylation is 1. The van der Waals surface area contributed by atoms with Gasteiger partial charge in [0.1, 0.15) is 11.6 Å². The predicted octanol–water partition coefficient (Wildman–Crippen LogP) is 6.28. The Balaban J connectivity index is 1.70. The second-order valence-corrected chi connectivity index (χ2v) is 16.3. The van der Waals surface area contributed by atoms with Crippen molar-refractivity contribution in [3.8, 4) is 5.75 Å². The number of nitrogens with one attached hydrogen (secondary N) is 1. The summed E-state index contributed by atoms with van der Waals surface area (Å²) in [6.07, 6.45) is 5.48. The zero-order chi connectivity index (χ0) is 25.4. The van der Waals surface area contributed by atoms with Crippen LogP contribution in [0.25, 0.3) is 5.52 Å². The topological polar surface area (TPSA) is 86.2 Å². The number of benzene rings is 1. The Labute approximate surface area is 217 Å². The third-order valence-corrected chi connectivity index (χ3v) is 11.8. The molecule has 1 atom stereocenters. The Morgan fingerprint density at radius 2 is 2.11 bits per heavy atom. The SMILES string of the molecule is CCc1cc(O[Si](C)(C)C(C)(C)C)ccc1/N=C(\N)c1cnn2cc(Br)cc2c1N[C@@H]1CCOC1. The molecule has 0 saturated carbocycles. The number of aliphatic imine (C=N–C) groups is 1. The Bertz CT molecular complexity index is 1240. The van der Waals surface area contributed by atoms with Crippen molar-refractivity contribution in [2.24, 2.45) is 10.7 Å². The van der Waals surface area contributed by atoms with Crippen molar-refractivity contribution < 1.29 is 9.16 Å². The first-order valence-electron chi connectivity index (χ1n) is 12.2. The Kier molecular flexibility index (Phi) is 7.31. The maximum Gasteiger partial charge on any atom is 0.250 e. The van der Waals surface area contributed by atoms with E-state index in [2.05, 4.69) is 73.2 Å². The molecule has 3 heterocycles. The van der Waals surface area contributed by atoms with Crippen LogP contribution in [0.4, 0.5) is 11.4 Å². The minimum atomic E-state index is -1.93. The fourth-order valence-corrected chi connectivity index (χ4v) is 5.31. The van der Waals surface area contributed by atoms with Crippen LogP contribution in [0, 0.1) is 0 Å². The Morgan fingerprint density at radius 3 is 2.77 bits per heavy atom. The number of fused-ring (bicyclic) bond motifs is 1. The van der Waals surface area contributed by atoms with Crippen LogP contribution in [-0.2, 0) is 11.2 Å². The van der Waals surface area contributed by atoms with E-state index >= 15 is 0 Å². The summed E-state index contributed by atoms with van der Waals surface area (Å²) in [5.41, 5.74) is 11.2. The highest BCUT2D eigenvalue weighted by atomic mass is 79.9. The fraction of sp³-hybridized carbons (Fsp3) is 0.462. The number of amidine groups is 1. The molecule has 9 heteroatoms. The molecule has 0 spiro atoms. The van der Waals surface area contributed by atoms with Crippen LogP contribution in [-0.4, -0.2) is 43.0 Å². The Hall–Kier alpha value is -2.36. The predicted molar refractivity (Wildman–Crippen MR) is 150 cm³/mol. The smallest absolute Gasteiger partial charge is 0.250 e. The van der Waals surface area contributed by atoms with Crippen LogP contribution in [0.15, 0.2) is 46.1 Å². The third-order valence-electron chi connectivity index (χ3n) is 7.01. The van der Waals surface area contributed by atoms with Gasteiger partial charge in [-0.05, 0) is 76.7 Å². The number of hydrogen-bond donors (Lipinski definition) is 2. The van der Waals surface area contributed by atoms with Crippen LogP contribution in [0.5, 0.6) is 5.75 Å². The average Bonchev–Trinajstić information content (AvgIpc) is 3.42. The van der Waals surface area contributed by atoms with E-state index in [4.69, 9.17) is 19.9 Å². The molecular weight excluding hydrogens is 522 g/mol. The maximum atomic E-state index is 6.61. The van der Waals surface area contributed by atoms with Crippen LogP contribution < -0.4 is 15.5 Å². The third kappa shape index (κ3) is 5.57. The number of nitrogens with zero attached hydrogens (tertiary/aromatic N) is 3. The largest absolute Gasteiger partial charge is 0.543 e. The van der Waals surface area contributed by atoms with Crippen molar-refractivity contribution in [3.63, 3.8) is 0 Å². The van der Waals surface area contributed by atoms with Crippen molar-refractivity contribution in [3.05, 3.63) is 52.3 Å². The molecule has 0 aliphatic carbocycles. The molecule has 1 aliphatic rings. The average molecular weight is 559 g/mol. The highest BCUT2D eigenvalue weighted by Crippen LogP contribution is 2.38. The summed E-state index contributed by atoms with van der Waals surface area (Å²) in [4.78, 5) is 4.85. The van der Waals surface area contributed by atoms with Gasteiger partial charge in [0.15, 0.2) is 0 Å². The lowest BCUT2D eigenvalue weighted by atomic mass is 10.1. The van der Waals surface area contributed by atoms with Gasteiger partial charge >= 0.3 is 0 Å². The summed E-state index contributed by atoms with van der Waals surface area (Å²) in [7, 11) is -1.93. The zero-order valence-electron chi connectivity index (χ0n) is 21.5. The Morgan fingerprint density at radius 1 is 1.34 bits per heavy atom. The van der Waals surface area contributed by atoms with Crippen LogP contribution in [0.1, 0.15) is 45.2 Å². The van der Waals surface area contributed by atoms with E-state index in [-0.39, 0.29) is 11.1 Å². The summed E-state index contributed by atoms with van der Waals surface area (Å²) < 4.78 is 14.9. The molecule has 1 saturated heterocycles. The van der Waals surface area contributed by atoms with Gasteiger partial charge < -0.3 is 20.2 Å². The number of hydrogen-bond acceptors (Lipinski definition) is 5. The van der Waals surface area contributed by atoms with Crippen molar-refractivity contribution in [2.45, 2.75) is 64.7 Å². The molecule has 3 N–H and O–H groups in total. The van der Waals surface area contributed by atoms with Gasteiger partial charge in [-0.1, -0.05) is 27.7 Å². The number of rotatable bonds is 7. The summed E-state index contributed by atoms with van der Waals surface area (Å²) in [6, 6.07) is 8.37. The molecule has 0 unspecified atom stereocenters. The molecule has 0 radical (unpaired) electrons. The van der Waals surface area contributed by atoms with Gasteiger partial charge in [-0.15, -0.1) is 0 Å². The molecule has 7 nitrogen and oxygen atoms in total. The molecule has 2 aromatic heterocycles. The number of ether oxygens (including phenoxy) is 1. The van der Waals surface area contributed by atoms with Gasteiger partial charge in [0.25, 0.3) is 0 Å². The standard InChI is InChI=1S/C26H36BrN5O2Si/c1-7-17-12-20(34-35(5,6)26(2,3)4)8-9-22(17)31-25(28)21-14-29-32-15-18(27)13-23(32)24(21)30-19-10-11-33-16-19/h8-9,12-15,19,30H,7,10-11,16H2,1-6H3,(H2,28,31)/t19-/m1/s1. The molecular formula is C26H36BrN5O2Si. The maximum absolute atomic E-state index is 6.61. The monoisotopic (exact) mass is 557 g/mol. The molecule has 3 aromatic rings. The first kappa shape index (κ1) is 25.7. The molecule has 0 bridgehead atoms. The van der Waals surface area contributed by atoms with Crippen LogP contribution in [0.2, 0.25) is 18.1 Å². The van der Waals surface area contributed by atoms with Gasteiger partial charge in [-0.2, -0.15) is 5.10 Å². The summed E-state index contributed by atoms with van der Waals surface area (Å²) in [6.45, 7) is 14.8. The number of halogens is 1. The van der Waals surface area contributed by atoms with E-state index in [0.717, 1.165) is 57.7 Å². The van der Waals surface area contributed by atoms with Crippen molar-refractivity contribution in [2.75, 3.05) is 18.5 Å². The number of anilines is 1. The van der Waals surface area contributed by atoms with Crippen LogP contribution >= 0.6 is 15.9 Å². The van der Waals surface area contributed by atoms with Gasteiger partial charge in [0.05, 0.1) is 41.3 Å². The highest BCUT2D eigenvalue weighted by Gasteiger charge is 2.39. The lowest BCUT2D eigenvalue weighted by molar-refractivity contribution is 0.195. The minimum absolute atomic E-state index is 0.133. The van der Waals surface area contributed by atoms with E-state index in [1.54, 1.807) is 6.20 Å². The molecule has 1 aromatic carbocycles. The molecule has 188 valence electrons.